The van der Waals surface area contributed by atoms with Crippen molar-refractivity contribution >= 4 is 22.9 Å². The molecule has 168 valence electrons. The summed E-state index contributed by atoms with van der Waals surface area (Å²) in [5.41, 5.74) is 1.25. The van der Waals surface area contributed by atoms with Crippen molar-refractivity contribution in [1.82, 2.24) is 0 Å². The second kappa shape index (κ2) is 10.5. The smallest absolute Gasteiger partial charge is 0.556 e. The summed E-state index contributed by atoms with van der Waals surface area (Å²) < 4.78 is 16.7. The van der Waals surface area contributed by atoms with E-state index >= 15 is 0 Å². The van der Waals surface area contributed by atoms with E-state index in [1.54, 1.807) is 42.5 Å². The highest BCUT2D eigenvalue weighted by atomic mass is 16.5. The maximum atomic E-state index is 12.9. The van der Waals surface area contributed by atoms with Gasteiger partial charge in [0.25, 0.3) is 6.10 Å². The highest BCUT2D eigenvalue weighted by Crippen LogP contribution is 2.25. The van der Waals surface area contributed by atoms with Gasteiger partial charge in [-0.15, -0.1) is 0 Å². The Hall–Kier alpha value is -3.81. The number of carboxylic acid groups (broad SMARTS) is 1. The number of unbranched alkanes of at least 4 members (excludes halogenated alkanes) is 2. The van der Waals surface area contributed by atoms with Gasteiger partial charge in [0.15, 0.2) is 5.43 Å². The van der Waals surface area contributed by atoms with Gasteiger partial charge in [-0.1, -0.05) is 12.1 Å². The van der Waals surface area contributed by atoms with E-state index in [0.29, 0.717) is 46.6 Å². The maximum Gasteiger partial charge on any atom is 0.556 e. The molecule has 0 saturated heterocycles. The van der Waals surface area contributed by atoms with Gasteiger partial charge >= 0.3 is 11.9 Å². The fourth-order valence-electron chi connectivity index (χ4n) is 3.11. The molecule has 32 heavy (non-hydrogen) atoms. The molecular formula is C24H25O8+. The highest BCUT2D eigenvalue weighted by Gasteiger charge is 2.20. The molecule has 3 rings (SSSR count). The molecule has 0 bridgehead atoms. The van der Waals surface area contributed by atoms with Crippen molar-refractivity contribution in [3.63, 3.8) is 0 Å². The average Bonchev–Trinajstić information content (AvgIpc) is 2.77. The number of hydrogen-bond donors (Lipinski definition) is 1. The first-order chi connectivity index (χ1) is 15.3. The SMILES string of the molecule is CC(Oc1ccc(-c2coc3cc(OCCCCCC(=O)O)ccc3c2=O)cc1)C(=O)[OH2+]. The molecule has 0 fully saturated rings. The van der Waals surface area contributed by atoms with E-state index in [0.717, 1.165) is 12.8 Å². The molecular weight excluding hydrogens is 416 g/mol. The Morgan fingerprint density at radius 1 is 1.06 bits per heavy atom. The van der Waals surface area contributed by atoms with Crippen LogP contribution in [-0.2, 0) is 9.59 Å². The van der Waals surface area contributed by atoms with E-state index in [4.69, 9.17) is 24.1 Å². The molecule has 3 N–H and O–H groups in total. The van der Waals surface area contributed by atoms with Gasteiger partial charge in [0.2, 0.25) is 0 Å². The minimum absolute atomic E-state index is 0.156. The number of carbonyl (C=O) groups excluding carboxylic acids is 1. The van der Waals surface area contributed by atoms with Gasteiger partial charge < -0.3 is 24.1 Å². The minimum Gasteiger partial charge on any atom is -0.562 e. The molecule has 0 radical (unpaired) electrons. The van der Waals surface area contributed by atoms with Crippen LogP contribution in [0.1, 0.15) is 32.6 Å². The number of benzene rings is 2. The van der Waals surface area contributed by atoms with Crippen LogP contribution in [-0.4, -0.2) is 34.9 Å². The number of carboxylic acids is 1. The summed E-state index contributed by atoms with van der Waals surface area (Å²) in [6.07, 6.45) is 2.80. The number of fused-ring (bicyclic) bond motifs is 1. The lowest BCUT2D eigenvalue weighted by atomic mass is 10.1. The summed E-state index contributed by atoms with van der Waals surface area (Å²) in [6, 6.07) is 11.7. The summed E-state index contributed by atoms with van der Waals surface area (Å²) in [7, 11) is 0. The fraction of sp³-hybridized carbons (Fsp3) is 0.292. The Kier molecular flexibility index (Phi) is 7.49. The molecule has 2 aromatic carbocycles. The first kappa shape index (κ1) is 22.9. The Morgan fingerprint density at radius 3 is 2.47 bits per heavy atom. The van der Waals surface area contributed by atoms with Crippen molar-refractivity contribution < 1.29 is 33.7 Å². The number of rotatable bonds is 11. The first-order valence-corrected chi connectivity index (χ1v) is 10.3. The van der Waals surface area contributed by atoms with E-state index in [2.05, 4.69) is 0 Å². The molecule has 8 heteroatoms. The van der Waals surface area contributed by atoms with Crippen molar-refractivity contribution in [2.45, 2.75) is 38.7 Å². The second-order valence-electron chi connectivity index (χ2n) is 7.34. The number of carbonyl (C=O) groups is 2. The predicted molar refractivity (Wildman–Crippen MR) is 118 cm³/mol. The molecule has 0 aliphatic heterocycles. The van der Waals surface area contributed by atoms with E-state index in [9.17, 15) is 14.4 Å². The Bertz CT molecular complexity index is 1150. The normalized spacial score (nSPS) is 11.8. The van der Waals surface area contributed by atoms with Crippen LogP contribution in [0.25, 0.3) is 22.1 Å². The highest BCUT2D eigenvalue weighted by molar-refractivity contribution is 5.82. The van der Waals surface area contributed by atoms with Crippen molar-refractivity contribution in [3.8, 4) is 22.6 Å². The number of aliphatic carboxylic acids is 1. The Morgan fingerprint density at radius 2 is 1.78 bits per heavy atom. The van der Waals surface area contributed by atoms with Crippen LogP contribution < -0.4 is 14.9 Å². The van der Waals surface area contributed by atoms with Gasteiger partial charge in [-0.2, -0.15) is 0 Å². The second-order valence-corrected chi connectivity index (χ2v) is 7.34. The van der Waals surface area contributed by atoms with Crippen LogP contribution in [0.4, 0.5) is 0 Å². The maximum absolute atomic E-state index is 12.9. The van der Waals surface area contributed by atoms with Gasteiger partial charge in [-0.25, -0.2) is 0 Å². The molecule has 0 amide bonds. The van der Waals surface area contributed by atoms with Gasteiger partial charge in [0.1, 0.15) is 23.3 Å². The molecule has 1 heterocycles. The quantitative estimate of drug-likeness (QED) is 0.356. The van der Waals surface area contributed by atoms with E-state index < -0.39 is 18.0 Å². The van der Waals surface area contributed by atoms with Crippen molar-refractivity contribution in [2.24, 2.45) is 0 Å². The monoisotopic (exact) mass is 441 g/mol. The fourth-order valence-corrected chi connectivity index (χ4v) is 3.11. The van der Waals surface area contributed by atoms with Gasteiger partial charge in [0.05, 0.1) is 17.6 Å². The minimum atomic E-state index is -0.868. The summed E-state index contributed by atoms with van der Waals surface area (Å²) >= 11 is 0. The molecule has 1 unspecified atom stereocenters. The molecule has 0 aliphatic carbocycles. The Balaban J connectivity index is 1.68. The zero-order chi connectivity index (χ0) is 23.1. The summed E-state index contributed by atoms with van der Waals surface area (Å²) in [5.74, 6) is -0.608. The predicted octanol–water partition coefficient (Wildman–Crippen LogP) is 3.50. The third-order valence-corrected chi connectivity index (χ3v) is 4.90. The molecule has 0 spiro atoms. The van der Waals surface area contributed by atoms with Crippen LogP contribution in [0.15, 0.2) is 57.9 Å². The molecule has 0 aliphatic rings. The molecule has 8 nitrogen and oxygen atoms in total. The van der Waals surface area contributed by atoms with Gasteiger partial charge in [-0.05, 0) is 56.0 Å². The van der Waals surface area contributed by atoms with Crippen LogP contribution in [0.5, 0.6) is 11.5 Å². The lowest BCUT2D eigenvalue weighted by Crippen LogP contribution is -2.22. The largest absolute Gasteiger partial charge is 0.562 e. The van der Waals surface area contributed by atoms with Gasteiger partial charge in [-0.3, -0.25) is 9.59 Å². The lowest BCUT2D eigenvalue weighted by Gasteiger charge is -2.09. The first-order valence-electron chi connectivity index (χ1n) is 10.3. The molecule has 1 aromatic heterocycles. The molecule has 1 atom stereocenters. The summed E-state index contributed by atoms with van der Waals surface area (Å²) in [5, 5.41) is 16.1. The standard InChI is InChI=1S/C24H24O8/c1-15(24(28)29)32-17-8-6-16(7-9-17)20-14-31-21-13-18(10-11-19(21)23(20)27)30-12-4-2-3-5-22(25)26/h6-11,13-15H,2-5,12H2,1H3,(H,25,26)(H,28,29)/p+1. The summed E-state index contributed by atoms with van der Waals surface area (Å²) in [4.78, 5) is 34.4. The van der Waals surface area contributed by atoms with Crippen molar-refractivity contribution in [3.05, 3.63) is 59.0 Å². The van der Waals surface area contributed by atoms with E-state index in [-0.39, 0.29) is 11.8 Å². The van der Waals surface area contributed by atoms with Crippen LogP contribution in [0.3, 0.4) is 0 Å². The van der Waals surface area contributed by atoms with Crippen LogP contribution in [0, 0.1) is 0 Å². The van der Waals surface area contributed by atoms with Crippen LogP contribution >= 0.6 is 0 Å². The Labute approximate surface area is 184 Å². The number of hydrogen-bond acceptors (Lipinski definition) is 6. The zero-order valence-electron chi connectivity index (χ0n) is 17.6. The summed E-state index contributed by atoms with van der Waals surface area (Å²) in [6.45, 7) is 1.95. The average molecular weight is 441 g/mol. The van der Waals surface area contributed by atoms with Gasteiger partial charge in [0, 0.05) is 17.3 Å². The number of ether oxygens (including phenoxy) is 2. The van der Waals surface area contributed by atoms with Crippen LogP contribution in [0.2, 0.25) is 0 Å². The van der Waals surface area contributed by atoms with E-state index in [1.165, 1.54) is 13.2 Å². The van der Waals surface area contributed by atoms with Crippen molar-refractivity contribution in [1.29, 1.82) is 0 Å². The third-order valence-electron chi connectivity index (χ3n) is 4.90. The molecule has 0 saturated carbocycles. The van der Waals surface area contributed by atoms with E-state index in [1.807, 2.05) is 0 Å². The third kappa shape index (κ3) is 5.87. The zero-order valence-corrected chi connectivity index (χ0v) is 17.6. The lowest BCUT2D eigenvalue weighted by molar-refractivity contribution is -0.144. The van der Waals surface area contributed by atoms with Crippen molar-refractivity contribution in [2.75, 3.05) is 6.61 Å². The molecule has 3 aromatic rings. The topological polar surface area (TPSA) is 126 Å².